The van der Waals surface area contributed by atoms with E-state index in [9.17, 15) is 9.59 Å². The van der Waals surface area contributed by atoms with Crippen LogP contribution < -0.4 is 5.32 Å². The zero-order valence-corrected chi connectivity index (χ0v) is 13.5. The number of carbonyl (C=O) groups excluding carboxylic acids is 1. The summed E-state index contributed by atoms with van der Waals surface area (Å²) in [5, 5.41) is 19.4. The molecule has 0 atom stereocenters. The van der Waals surface area contributed by atoms with Gasteiger partial charge in [0.15, 0.2) is 5.69 Å². The molecule has 0 fully saturated rings. The van der Waals surface area contributed by atoms with E-state index < -0.39 is 11.5 Å². The third-order valence-electron chi connectivity index (χ3n) is 3.13. The van der Waals surface area contributed by atoms with Crippen molar-refractivity contribution in [2.75, 3.05) is 0 Å². The average Bonchev–Trinajstić information content (AvgIpc) is 2.89. The average molecular weight is 337 g/mol. The molecule has 0 aliphatic heterocycles. The van der Waals surface area contributed by atoms with Crippen molar-refractivity contribution >= 4 is 23.5 Å². The van der Waals surface area contributed by atoms with Crippen LogP contribution in [0.1, 0.15) is 29.9 Å². The second-order valence-electron chi connectivity index (χ2n) is 5.81. The molecule has 2 rings (SSSR count). The van der Waals surface area contributed by atoms with Gasteiger partial charge in [-0.15, -0.1) is 5.10 Å². The summed E-state index contributed by atoms with van der Waals surface area (Å²) in [6, 6.07) is 7.45. The van der Waals surface area contributed by atoms with E-state index in [1.165, 1.54) is 10.9 Å². The van der Waals surface area contributed by atoms with Crippen LogP contribution in [0.25, 0.3) is 0 Å². The maximum atomic E-state index is 12.1. The lowest BCUT2D eigenvalue weighted by molar-refractivity contribution is -0.123. The van der Waals surface area contributed by atoms with Crippen LogP contribution in [0.2, 0.25) is 5.02 Å². The standard InChI is InChI=1S/C15H17ClN4O3/c1-15(2,7-10-5-3-4-6-11(10)16)17-13(21)9-20-8-12(14(22)23)18-19-20/h3-6,8H,7,9H2,1-2H3,(H,17,21)(H,22,23). The highest BCUT2D eigenvalue weighted by molar-refractivity contribution is 6.31. The minimum atomic E-state index is -1.18. The molecule has 122 valence electrons. The van der Waals surface area contributed by atoms with Crippen LogP contribution in [-0.4, -0.2) is 37.5 Å². The number of aromatic carboxylic acids is 1. The number of hydrogen-bond donors (Lipinski definition) is 2. The summed E-state index contributed by atoms with van der Waals surface area (Å²) >= 11 is 6.14. The molecule has 2 N–H and O–H groups in total. The van der Waals surface area contributed by atoms with Crippen LogP contribution >= 0.6 is 11.6 Å². The number of carbonyl (C=O) groups is 2. The van der Waals surface area contributed by atoms with E-state index in [2.05, 4.69) is 15.6 Å². The molecular formula is C15H17ClN4O3. The Kier molecular flexibility index (Phi) is 5.00. The predicted molar refractivity (Wildman–Crippen MR) is 84.4 cm³/mol. The van der Waals surface area contributed by atoms with Crippen molar-refractivity contribution in [3.63, 3.8) is 0 Å². The van der Waals surface area contributed by atoms with Gasteiger partial charge in [-0.3, -0.25) is 4.79 Å². The second kappa shape index (κ2) is 6.78. The lowest BCUT2D eigenvalue weighted by atomic mass is 9.95. The van der Waals surface area contributed by atoms with Crippen LogP contribution in [0.4, 0.5) is 0 Å². The fourth-order valence-corrected chi connectivity index (χ4v) is 2.40. The van der Waals surface area contributed by atoms with E-state index in [1.54, 1.807) is 6.07 Å². The maximum Gasteiger partial charge on any atom is 0.358 e. The molecular weight excluding hydrogens is 320 g/mol. The Balaban J connectivity index is 1.97. The molecule has 8 heteroatoms. The molecule has 1 aromatic heterocycles. The molecule has 0 unspecified atom stereocenters. The van der Waals surface area contributed by atoms with Crippen LogP contribution in [0.15, 0.2) is 30.5 Å². The molecule has 0 saturated carbocycles. The molecule has 2 aromatic rings. The van der Waals surface area contributed by atoms with Crippen molar-refractivity contribution in [2.45, 2.75) is 32.4 Å². The highest BCUT2D eigenvalue weighted by atomic mass is 35.5. The first-order valence-electron chi connectivity index (χ1n) is 6.95. The summed E-state index contributed by atoms with van der Waals surface area (Å²) < 4.78 is 1.18. The number of nitrogens with one attached hydrogen (secondary N) is 1. The fraction of sp³-hybridized carbons (Fsp3) is 0.333. The molecule has 0 spiro atoms. The molecule has 0 radical (unpaired) electrons. The predicted octanol–water partition coefficient (Wildman–Crippen LogP) is 1.77. The first-order valence-corrected chi connectivity index (χ1v) is 7.32. The summed E-state index contributed by atoms with van der Waals surface area (Å²) in [6.45, 7) is 3.67. The zero-order valence-electron chi connectivity index (χ0n) is 12.8. The van der Waals surface area contributed by atoms with Crippen LogP contribution in [0, 0.1) is 0 Å². The Labute approximate surface area is 138 Å². The molecule has 1 amide bonds. The number of amides is 1. The molecule has 0 saturated heterocycles. The Hall–Kier alpha value is -2.41. The minimum Gasteiger partial charge on any atom is -0.476 e. The van der Waals surface area contributed by atoms with Crippen molar-refractivity contribution in [1.82, 2.24) is 20.3 Å². The van der Waals surface area contributed by atoms with Crippen molar-refractivity contribution in [3.05, 3.63) is 46.7 Å². The molecule has 1 heterocycles. The number of aromatic nitrogens is 3. The van der Waals surface area contributed by atoms with E-state index in [4.69, 9.17) is 16.7 Å². The lowest BCUT2D eigenvalue weighted by Gasteiger charge is -2.27. The first kappa shape index (κ1) is 17.0. The van der Waals surface area contributed by atoms with Gasteiger partial charge in [0.05, 0.1) is 6.20 Å². The molecule has 1 aromatic carbocycles. The molecule has 7 nitrogen and oxygen atoms in total. The zero-order chi connectivity index (χ0) is 17.0. The van der Waals surface area contributed by atoms with Gasteiger partial charge in [-0.05, 0) is 31.9 Å². The monoisotopic (exact) mass is 336 g/mol. The Morgan fingerprint density at radius 2 is 2.04 bits per heavy atom. The van der Waals surface area contributed by atoms with E-state index in [1.807, 2.05) is 32.0 Å². The number of nitrogens with zero attached hydrogens (tertiary/aromatic N) is 3. The van der Waals surface area contributed by atoms with Gasteiger partial charge in [-0.2, -0.15) is 0 Å². The van der Waals surface area contributed by atoms with Crippen molar-refractivity contribution < 1.29 is 14.7 Å². The normalized spacial score (nSPS) is 11.3. The summed E-state index contributed by atoms with van der Waals surface area (Å²) in [5.41, 5.74) is 0.222. The van der Waals surface area contributed by atoms with Crippen molar-refractivity contribution in [3.8, 4) is 0 Å². The number of hydrogen-bond acceptors (Lipinski definition) is 4. The van der Waals surface area contributed by atoms with Crippen LogP contribution in [-0.2, 0) is 17.8 Å². The van der Waals surface area contributed by atoms with Gasteiger partial charge >= 0.3 is 5.97 Å². The summed E-state index contributed by atoms with van der Waals surface area (Å²) in [5.74, 6) is -1.47. The maximum absolute atomic E-state index is 12.1. The van der Waals surface area contributed by atoms with Gasteiger partial charge in [0.2, 0.25) is 5.91 Å². The van der Waals surface area contributed by atoms with Gasteiger partial charge in [0, 0.05) is 10.6 Å². The van der Waals surface area contributed by atoms with Crippen LogP contribution in [0.5, 0.6) is 0 Å². The highest BCUT2D eigenvalue weighted by Crippen LogP contribution is 2.20. The van der Waals surface area contributed by atoms with Gasteiger partial charge in [0.1, 0.15) is 6.54 Å². The third kappa shape index (κ3) is 4.79. The van der Waals surface area contributed by atoms with E-state index in [0.29, 0.717) is 11.4 Å². The molecule has 23 heavy (non-hydrogen) atoms. The topological polar surface area (TPSA) is 97.1 Å². The quantitative estimate of drug-likeness (QED) is 0.837. The first-order chi connectivity index (χ1) is 10.8. The van der Waals surface area contributed by atoms with Gasteiger partial charge in [-0.1, -0.05) is 35.0 Å². The van der Waals surface area contributed by atoms with E-state index >= 15 is 0 Å². The Morgan fingerprint density at radius 1 is 1.35 bits per heavy atom. The SMILES string of the molecule is CC(C)(Cc1ccccc1Cl)NC(=O)Cn1cc(C(=O)O)nn1. The number of halogens is 1. The molecule has 0 aliphatic rings. The van der Waals surface area contributed by atoms with E-state index in [0.717, 1.165) is 5.56 Å². The summed E-state index contributed by atoms with van der Waals surface area (Å²) in [7, 11) is 0. The second-order valence-corrected chi connectivity index (χ2v) is 6.21. The van der Waals surface area contributed by atoms with Crippen molar-refractivity contribution in [2.24, 2.45) is 0 Å². The highest BCUT2D eigenvalue weighted by Gasteiger charge is 2.22. The number of benzene rings is 1. The lowest BCUT2D eigenvalue weighted by Crippen LogP contribution is -2.46. The largest absolute Gasteiger partial charge is 0.476 e. The molecule has 0 bridgehead atoms. The Morgan fingerprint density at radius 3 is 2.65 bits per heavy atom. The van der Waals surface area contributed by atoms with Crippen LogP contribution in [0.3, 0.4) is 0 Å². The smallest absolute Gasteiger partial charge is 0.358 e. The number of rotatable bonds is 6. The number of carboxylic acid groups (broad SMARTS) is 1. The summed E-state index contributed by atoms with van der Waals surface area (Å²) in [4.78, 5) is 22.8. The van der Waals surface area contributed by atoms with Crippen molar-refractivity contribution in [1.29, 1.82) is 0 Å². The van der Waals surface area contributed by atoms with Gasteiger partial charge < -0.3 is 10.4 Å². The minimum absolute atomic E-state index is 0.105. The molecule has 0 aliphatic carbocycles. The summed E-state index contributed by atoms with van der Waals surface area (Å²) in [6.07, 6.45) is 1.78. The third-order valence-corrected chi connectivity index (χ3v) is 3.50. The number of carboxylic acids is 1. The van der Waals surface area contributed by atoms with Gasteiger partial charge in [-0.25, -0.2) is 9.48 Å². The van der Waals surface area contributed by atoms with Gasteiger partial charge in [0.25, 0.3) is 0 Å². The fourth-order valence-electron chi connectivity index (χ4n) is 2.20. The Bertz CT molecular complexity index is 727. The van der Waals surface area contributed by atoms with E-state index in [-0.39, 0.29) is 18.1 Å².